The smallest absolute Gasteiger partial charge is 0.407 e. The monoisotopic (exact) mass is 500 g/mol. The zero-order valence-corrected chi connectivity index (χ0v) is 21.3. The van der Waals surface area contributed by atoms with Crippen LogP contribution in [0.1, 0.15) is 36.7 Å². The fraction of sp³-hybridized carbons (Fsp3) is 0.259. The van der Waals surface area contributed by atoms with Crippen LogP contribution in [-0.4, -0.2) is 56.8 Å². The van der Waals surface area contributed by atoms with Gasteiger partial charge in [0.25, 0.3) is 11.8 Å². The van der Waals surface area contributed by atoms with Crippen LogP contribution in [0.5, 0.6) is 0 Å². The molecule has 2 heterocycles. The summed E-state index contributed by atoms with van der Waals surface area (Å²) in [5.41, 5.74) is 3.51. The highest BCUT2D eigenvalue weighted by molar-refractivity contribution is 5.94. The number of amides is 2. The van der Waals surface area contributed by atoms with E-state index in [0.29, 0.717) is 29.4 Å². The average molecular weight is 501 g/mol. The van der Waals surface area contributed by atoms with Crippen molar-refractivity contribution in [2.75, 3.05) is 14.1 Å². The number of alkyl carbamates (subject to hydrolysis) is 1. The third-order valence-electron chi connectivity index (χ3n) is 5.15. The summed E-state index contributed by atoms with van der Waals surface area (Å²) in [6.07, 6.45) is 2.71. The molecule has 37 heavy (non-hydrogen) atoms. The first-order valence-corrected chi connectivity index (χ1v) is 11.6. The topological polar surface area (TPSA) is 123 Å². The van der Waals surface area contributed by atoms with Gasteiger partial charge in [0, 0.05) is 37.3 Å². The maximum absolute atomic E-state index is 12.1. The molecule has 190 valence electrons. The molecule has 2 amide bonds. The predicted molar refractivity (Wildman–Crippen MR) is 137 cm³/mol. The Labute approximate surface area is 214 Å². The number of hydrogen-bond donors (Lipinski definition) is 1. The van der Waals surface area contributed by atoms with E-state index in [-0.39, 0.29) is 11.8 Å². The minimum atomic E-state index is -0.551. The Morgan fingerprint density at radius 2 is 1.51 bits per heavy atom. The highest BCUT2D eigenvalue weighted by Crippen LogP contribution is 2.25. The first-order chi connectivity index (χ1) is 17.6. The van der Waals surface area contributed by atoms with E-state index in [2.05, 4.69) is 25.5 Å². The van der Waals surface area contributed by atoms with Gasteiger partial charge in [0.1, 0.15) is 11.3 Å². The van der Waals surface area contributed by atoms with Gasteiger partial charge in [-0.05, 0) is 50.6 Å². The van der Waals surface area contributed by atoms with Crippen LogP contribution in [-0.2, 0) is 11.3 Å². The van der Waals surface area contributed by atoms with Gasteiger partial charge in [-0.25, -0.2) is 9.78 Å². The minimum absolute atomic E-state index is 0.0721. The summed E-state index contributed by atoms with van der Waals surface area (Å²) in [6, 6.07) is 14.5. The number of aromatic nitrogens is 4. The lowest BCUT2D eigenvalue weighted by atomic mass is 10.1. The van der Waals surface area contributed by atoms with Crippen LogP contribution in [0.3, 0.4) is 0 Å². The molecule has 0 aliphatic heterocycles. The summed E-state index contributed by atoms with van der Waals surface area (Å²) in [6.45, 7) is 5.77. The van der Waals surface area contributed by atoms with Crippen molar-refractivity contribution in [3.05, 3.63) is 72.1 Å². The molecule has 0 saturated heterocycles. The Hall–Kier alpha value is -4.60. The van der Waals surface area contributed by atoms with Crippen molar-refractivity contribution in [1.29, 1.82) is 0 Å². The standard InChI is InChI=1S/C27H28N6O4/c1-27(2,3)37-26(35)29-14-17-6-8-19(9-7-17)23-31-32-24(36-23)22-16-28-15-21(30-22)18-10-12-20(13-11-18)25(34)33(4)5/h6-13,15-16H,14H2,1-5H3,(H,29,35). The van der Waals surface area contributed by atoms with Crippen molar-refractivity contribution in [2.24, 2.45) is 0 Å². The quantitative estimate of drug-likeness (QED) is 0.408. The van der Waals surface area contributed by atoms with Gasteiger partial charge in [-0.1, -0.05) is 24.3 Å². The van der Waals surface area contributed by atoms with Crippen LogP contribution in [0.15, 0.2) is 65.3 Å². The van der Waals surface area contributed by atoms with Crippen LogP contribution in [0.4, 0.5) is 4.79 Å². The summed E-state index contributed by atoms with van der Waals surface area (Å²) in [5.74, 6) is 0.497. The molecule has 0 aliphatic carbocycles. The first kappa shape index (κ1) is 25.5. The molecule has 10 nitrogen and oxygen atoms in total. The van der Waals surface area contributed by atoms with Gasteiger partial charge in [-0.2, -0.15) is 0 Å². The van der Waals surface area contributed by atoms with Crippen molar-refractivity contribution in [1.82, 2.24) is 30.4 Å². The maximum Gasteiger partial charge on any atom is 0.407 e. The number of carbonyl (C=O) groups excluding carboxylic acids is 2. The van der Waals surface area contributed by atoms with Gasteiger partial charge < -0.3 is 19.4 Å². The summed E-state index contributed by atoms with van der Waals surface area (Å²) in [5, 5.41) is 11.0. The second kappa shape index (κ2) is 10.6. The van der Waals surface area contributed by atoms with Crippen LogP contribution < -0.4 is 5.32 Å². The van der Waals surface area contributed by atoms with Crippen molar-refractivity contribution in [3.63, 3.8) is 0 Å². The van der Waals surface area contributed by atoms with Crippen LogP contribution in [0.2, 0.25) is 0 Å². The SMILES string of the molecule is CN(C)C(=O)c1ccc(-c2cncc(-c3nnc(-c4ccc(CNC(=O)OC(C)(C)C)cc4)o3)n2)cc1. The lowest BCUT2D eigenvalue weighted by Gasteiger charge is -2.19. The number of rotatable bonds is 6. The van der Waals surface area contributed by atoms with Gasteiger partial charge >= 0.3 is 6.09 Å². The van der Waals surface area contributed by atoms with Gasteiger partial charge in [-0.15, -0.1) is 10.2 Å². The number of ether oxygens (including phenoxy) is 1. The van der Waals surface area contributed by atoms with E-state index in [1.165, 1.54) is 4.90 Å². The number of carbonyl (C=O) groups is 2. The molecule has 1 N–H and O–H groups in total. The van der Waals surface area contributed by atoms with Crippen molar-refractivity contribution in [2.45, 2.75) is 32.9 Å². The summed E-state index contributed by atoms with van der Waals surface area (Å²) in [4.78, 5) is 34.4. The van der Waals surface area contributed by atoms with E-state index in [4.69, 9.17) is 9.15 Å². The number of hydrogen-bond acceptors (Lipinski definition) is 8. The van der Waals surface area contributed by atoms with Crippen molar-refractivity contribution in [3.8, 4) is 34.3 Å². The summed E-state index contributed by atoms with van der Waals surface area (Å²) < 4.78 is 11.1. The second-order valence-corrected chi connectivity index (χ2v) is 9.53. The summed E-state index contributed by atoms with van der Waals surface area (Å²) >= 11 is 0. The maximum atomic E-state index is 12.1. The fourth-order valence-corrected chi connectivity index (χ4v) is 3.35. The predicted octanol–water partition coefficient (Wildman–Crippen LogP) is 4.59. The third kappa shape index (κ3) is 6.54. The molecule has 0 saturated carbocycles. The van der Waals surface area contributed by atoms with Crippen LogP contribution in [0.25, 0.3) is 34.3 Å². The average Bonchev–Trinajstić information content (AvgIpc) is 3.37. The van der Waals surface area contributed by atoms with Gasteiger partial charge in [0.15, 0.2) is 0 Å². The van der Waals surface area contributed by atoms with E-state index in [9.17, 15) is 9.59 Å². The van der Waals surface area contributed by atoms with Gasteiger partial charge in [0.2, 0.25) is 5.89 Å². The zero-order valence-electron chi connectivity index (χ0n) is 21.3. The Bertz CT molecular complexity index is 1390. The lowest BCUT2D eigenvalue weighted by Crippen LogP contribution is -2.32. The Morgan fingerprint density at radius 3 is 2.16 bits per heavy atom. The Morgan fingerprint density at radius 1 is 0.892 bits per heavy atom. The van der Waals surface area contributed by atoms with Crippen molar-refractivity contribution >= 4 is 12.0 Å². The van der Waals surface area contributed by atoms with E-state index in [1.54, 1.807) is 38.6 Å². The lowest BCUT2D eigenvalue weighted by molar-refractivity contribution is 0.0523. The number of nitrogens with one attached hydrogen (secondary N) is 1. The van der Waals surface area contributed by atoms with Gasteiger partial charge in [-0.3, -0.25) is 9.78 Å². The molecular weight excluding hydrogens is 472 g/mol. The molecule has 0 aliphatic rings. The molecule has 4 aromatic rings. The van der Waals surface area contributed by atoms with E-state index < -0.39 is 11.7 Å². The third-order valence-corrected chi connectivity index (χ3v) is 5.15. The molecule has 10 heteroatoms. The van der Waals surface area contributed by atoms with E-state index in [0.717, 1.165) is 16.7 Å². The molecule has 2 aromatic carbocycles. The molecule has 0 unspecified atom stereocenters. The van der Waals surface area contributed by atoms with E-state index >= 15 is 0 Å². The second-order valence-electron chi connectivity index (χ2n) is 9.53. The normalized spacial score (nSPS) is 11.2. The largest absolute Gasteiger partial charge is 0.444 e. The molecular formula is C27H28N6O4. The van der Waals surface area contributed by atoms with E-state index in [1.807, 2.05) is 57.2 Å². The molecule has 0 radical (unpaired) electrons. The fourth-order valence-electron chi connectivity index (χ4n) is 3.35. The van der Waals surface area contributed by atoms with Gasteiger partial charge in [0.05, 0.1) is 18.1 Å². The molecule has 4 rings (SSSR count). The Kier molecular flexibility index (Phi) is 7.28. The zero-order chi connectivity index (χ0) is 26.6. The molecule has 2 aromatic heterocycles. The highest BCUT2D eigenvalue weighted by Gasteiger charge is 2.16. The number of nitrogens with zero attached hydrogens (tertiary/aromatic N) is 5. The summed E-state index contributed by atoms with van der Waals surface area (Å²) in [7, 11) is 3.42. The molecule has 0 fully saturated rings. The van der Waals surface area contributed by atoms with Crippen LogP contribution in [0, 0.1) is 0 Å². The highest BCUT2D eigenvalue weighted by atomic mass is 16.6. The first-order valence-electron chi connectivity index (χ1n) is 11.6. The molecule has 0 spiro atoms. The van der Waals surface area contributed by atoms with Crippen molar-refractivity contribution < 1.29 is 18.7 Å². The Balaban J connectivity index is 1.45. The minimum Gasteiger partial charge on any atom is -0.444 e. The molecule has 0 atom stereocenters. The van der Waals surface area contributed by atoms with Crippen LogP contribution >= 0.6 is 0 Å². The number of benzene rings is 2. The molecule has 0 bridgehead atoms.